The normalized spacial score (nSPS) is 16.2. The molecule has 1 fully saturated rings. The van der Waals surface area contributed by atoms with Gasteiger partial charge in [-0.1, -0.05) is 31.9 Å². The number of carbonyl (C=O) groups is 1. The Morgan fingerprint density at radius 3 is 2.12 bits per heavy atom. The van der Waals surface area contributed by atoms with Crippen LogP contribution in [0.5, 0.6) is 0 Å². The molecule has 1 aliphatic rings. The minimum absolute atomic E-state index is 0.140. The molecule has 0 N–H and O–H groups in total. The van der Waals surface area contributed by atoms with E-state index in [9.17, 15) is 4.79 Å². The minimum Gasteiger partial charge on any atom is -0.339 e. The molecule has 2 rings (SSSR count). The fourth-order valence-corrected chi connectivity index (χ4v) is 3.25. The van der Waals surface area contributed by atoms with Crippen LogP contribution < -0.4 is 0 Å². The number of piperidine rings is 1. The van der Waals surface area contributed by atoms with Crippen LogP contribution in [0.1, 0.15) is 29.6 Å². The third kappa shape index (κ3) is 2.86. The quantitative estimate of drug-likeness (QED) is 0.756. The van der Waals surface area contributed by atoms with Crippen LogP contribution in [0.25, 0.3) is 0 Å². The molecule has 0 spiro atoms. The lowest BCUT2D eigenvalue weighted by atomic mass is 10.1. The molecule has 1 amide bonds. The van der Waals surface area contributed by atoms with Crippen molar-refractivity contribution >= 4 is 37.8 Å². The molecule has 0 bridgehead atoms. The number of hydrogen-bond donors (Lipinski definition) is 0. The van der Waals surface area contributed by atoms with E-state index >= 15 is 0 Å². The van der Waals surface area contributed by atoms with E-state index in [4.69, 9.17) is 0 Å². The topological polar surface area (TPSA) is 20.3 Å². The van der Waals surface area contributed by atoms with Gasteiger partial charge in [-0.25, -0.2) is 0 Å². The number of hydrogen-bond acceptors (Lipinski definition) is 1. The molecule has 16 heavy (non-hydrogen) atoms. The second kappa shape index (κ2) is 5.32. The molecule has 0 radical (unpaired) electrons. The second-order valence-corrected chi connectivity index (χ2v) is 5.84. The molecular weight excluding hydrogens is 334 g/mol. The molecule has 0 aromatic heterocycles. The first-order chi connectivity index (χ1) is 7.66. The Bertz CT molecular complexity index is 380. The van der Waals surface area contributed by atoms with Gasteiger partial charge in [-0.3, -0.25) is 4.79 Å². The summed E-state index contributed by atoms with van der Waals surface area (Å²) in [6.07, 6.45) is 3.49. The van der Waals surface area contributed by atoms with Crippen LogP contribution in [-0.2, 0) is 0 Å². The maximum atomic E-state index is 12.2. The molecule has 0 aliphatic carbocycles. The number of likely N-dealkylation sites (tertiary alicyclic amines) is 1. The van der Waals surface area contributed by atoms with E-state index in [1.807, 2.05) is 23.1 Å². The Labute approximate surface area is 112 Å². The summed E-state index contributed by atoms with van der Waals surface area (Å²) in [5, 5.41) is 0. The van der Waals surface area contributed by atoms with Gasteiger partial charge in [-0.15, -0.1) is 0 Å². The first-order valence-corrected chi connectivity index (χ1v) is 7.01. The monoisotopic (exact) mass is 345 g/mol. The summed E-state index contributed by atoms with van der Waals surface area (Å²) in [6, 6.07) is 5.69. The molecular formula is C12H13Br2NO. The standard InChI is InChI=1S/C12H13Br2NO/c13-10-6-9(7-11(14)8-10)12(16)15-4-2-1-3-5-15/h6-8H,1-5H2. The molecule has 4 heteroatoms. The zero-order chi connectivity index (χ0) is 11.5. The van der Waals surface area contributed by atoms with E-state index < -0.39 is 0 Å². The molecule has 1 heterocycles. The van der Waals surface area contributed by atoms with Crippen molar-refractivity contribution in [3.8, 4) is 0 Å². The van der Waals surface area contributed by atoms with Gasteiger partial charge in [-0.2, -0.15) is 0 Å². The molecule has 86 valence electrons. The van der Waals surface area contributed by atoms with Crippen LogP contribution in [-0.4, -0.2) is 23.9 Å². The Balaban J connectivity index is 2.19. The van der Waals surface area contributed by atoms with Crippen LogP contribution >= 0.6 is 31.9 Å². The minimum atomic E-state index is 0.140. The van der Waals surface area contributed by atoms with Crippen LogP contribution in [0.2, 0.25) is 0 Å². The maximum absolute atomic E-state index is 12.2. The summed E-state index contributed by atoms with van der Waals surface area (Å²) in [5.41, 5.74) is 0.753. The predicted molar refractivity (Wildman–Crippen MR) is 71.6 cm³/mol. The van der Waals surface area contributed by atoms with Crippen molar-refractivity contribution in [2.24, 2.45) is 0 Å². The van der Waals surface area contributed by atoms with E-state index in [2.05, 4.69) is 31.9 Å². The van der Waals surface area contributed by atoms with Gasteiger partial charge in [0.1, 0.15) is 0 Å². The van der Waals surface area contributed by atoms with Crippen LogP contribution in [0.4, 0.5) is 0 Å². The highest BCUT2D eigenvalue weighted by molar-refractivity contribution is 9.11. The summed E-state index contributed by atoms with van der Waals surface area (Å²) >= 11 is 6.81. The van der Waals surface area contributed by atoms with Gasteiger partial charge in [0.2, 0.25) is 0 Å². The Kier molecular flexibility index (Phi) is 4.03. The highest BCUT2D eigenvalue weighted by Gasteiger charge is 2.18. The van der Waals surface area contributed by atoms with E-state index in [1.165, 1.54) is 6.42 Å². The highest BCUT2D eigenvalue weighted by atomic mass is 79.9. The van der Waals surface area contributed by atoms with Crippen molar-refractivity contribution in [1.82, 2.24) is 4.90 Å². The molecule has 1 aliphatic heterocycles. The fourth-order valence-electron chi connectivity index (χ4n) is 1.96. The summed E-state index contributed by atoms with van der Waals surface area (Å²) in [4.78, 5) is 14.1. The number of nitrogens with zero attached hydrogens (tertiary/aromatic N) is 1. The lowest BCUT2D eigenvalue weighted by molar-refractivity contribution is 0.0724. The largest absolute Gasteiger partial charge is 0.339 e. The molecule has 0 unspecified atom stereocenters. The fraction of sp³-hybridized carbons (Fsp3) is 0.417. The first kappa shape index (κ1) is 12.1. The van der Waals surface area contributed by atoms with E-state index in [0.29, 0.717) is 0 Å². The number of carbonyl (C=O) groups excluding carboxylic acids is 1. The lowest BCUT2D eigenvalue weighted by Gasteiger charge is -2.26. The Morgan fingerprint density at radius 1 is 1.00 bits per heavy atom. The maximum Gasteiger partial charge on any atom is 0.253 e. The van der Waals surface area contributed by atoms with E-state index in [1.54, 1.807) is 0 Å². The van der Waals surface area contributed by atoms with E-state index in [-0.39, 0.29) is 5.91 Å². The summed E-state index contributed by atoms with van der Waals surface area (Å²) in [6.45, 7) is 1.78. The SMILES string of the molecule is O=C(c1cc(Br)cc(Br)c1)N1CCCCC1. The average Bonchev–Trinajstić information content (AvgIpc) is 2.28. The van der Waals surface area contributed by atoms with Gasteiger partial charge in [0.15, 0.2) is 0 Å². The van der Waals surface area contributed by atoms with Crippen molar-refractivity contribution in [3.05, 3.63) is 32.7 Å². The number of halogens is 2. The van der Waals surface area contributed by atoms with E-state index in [0.717, 1.165) is 40.4 Å². The zero-order valence-electron chi connectivity index (χ0n) is 8.88. The van der Waals surface area contributed by atoms with Crippen molar-refractivity contribution < 1.29 is 4.79 Å². The Morgan fingerprint density at radius 2 is 1.56 bits per heavy atom. The zero-order valence-corrected chi connectivity index (χ0v) is 12.1. The molecule has 1 aromatic carbocycles. The molecule has 0 atom stereocenters. The van der Waals surface area contributed by atoms with Crippen LogP contribution in [0.15, 0.2) is 27.1 Å². The predicted octanol–water partition coefficient (Wildman–Crippen LogP) is 3.84. The van der Waals surface area contributed by atoms with Gasteiger partial charge in [-0.05, 0) is 37.5 Å². The molecule has 0 saturated carbocycles. The first-order valence-electron chi connectivity index (χ1n) is 5.42. The average molecular weight is 347 g/mol. The third-order valence-corrected chi connectivity index (χ3v) is 3.67. The van der Waals surface area contributed by atoms with Crippen LogP contribution in [0.3, 0.4) is 0 Å². The number of amides is 1. The van der Waals surface area contributed by atoms with Crippen molar-refractivity contribution in [3.63, 3.8) is 0 Å². The van der Waals surface area contributed by atoms with Gasteiger partial charge in [0.05, 0.1) is 0 Å². The summed E-state index contributed by atoms with van der Waals surface area (Å²) in [5.74, 6) is 0.140. The summed E-state index contributed by atoms with van der Waals surface area (Å²) < 4.78 is 1.87. The third-order valence-electron chi connectivity index (χ3n) is 2.75. The van der Waals surface area contributed by atoms with Gasteiger partial charge >= 0.3 is 0 Å². The molecule has 1 aromatic rings. The van der Waals surface area contributed by atoms with Gasteiger partial charge < -0.3 is 4.90 Å². The smallest absolute Gasteiger partial charge is 0.253 e. The summed E-state index contributed by atoms with van der Waals surface area (Å²) in [7, 11) is 0. The molecule has 1 saturated heterocycles. The second-order valence-electron chi connectivity index (χ2n) is 4.01. The molecule has 2 nitrogen and oxygen atoms in total. The number of benzene rings is 1. The Hall–Kier alpha value is -0.350. The van der Waals surface area contributed by atoms with Crippen molar-refractivity contribution in [1.29, 1.82) is 0 Å². The van der Waals surface area contributed by atoms with Gasteiger partial charge in [0, 0.05) is 27.6 Å². The van der Waals surface area contributed by atoms with Crippen molar-refractivity contribution in [2.75, 3.05) is 13.1 Å². The van der Waals surface area contributed by atoms with Crippen LogP contribution in [0, 0.1) is 0 Å². The van der Waals surface area contributed by atoms with Gasteiger partial charge in [0.25, 0.3) is 5.91 Å². The number of rotatable bonds is 1. The van der Waals surface area contributed by atoms with Crippen molar-refractivity contribution in [2.45, 2.75) is 19.3 Å². The highest BCUT2D eigenvalue weighted by Crippen LogP contribution is 2.22. The lowest BCUT2D eigenvalue weighted by Crippen LogP contribution is -2.35.